The number of aromatic nitrogens is 1. The highest BCUT2D eigenvalue weighted by atomic mass is 35.5. The molecule has 118 valence electrons. The Morgan fingerprint density at radius 2 is 2.00 bits per heavy atom. The minimum Gasteiger partial charge on any atom is -0.488 e. The Morgan fingerprint density at radius 3 is 2.59 bits per heavy atom. The topological polar surface area (TPSA) is 57.5 Å². The monoisotopic (exact) mass is 323 g/mol. The van der Waals surface area contributed by atoms with Crippen LogP contribution in [0.4, 0.5) is 0 Å². The molecule has 22 heavy (non-hydrogen) atoms. The maximum atomic E-state index is 12.5. The Balaban J connectivity index is 2.88. The van der Waals surface area contributed by atoms with E-state index in [1.54, 1.807) is 25.1 Å². The van der Waals surface area contributed by atoms with Crippen molar-refractivity contribution in [3.8, 4) is 5.75 Å². The number of carbonyl (C=O) groups excluding carboxylic acids is 1. The van der Waals surface area contributed by atoms with Crippen molar-refractivity contribution in [2.75, 3.05) is 6.61 Å². The van der Waals surface area contributed by atoms with Gasteiger partial charge in [0.1, 0.15) is 0 Å². The molecular weight excluding hydrogens is 306 g/mol. The van der Waals surface area contributed by atoms with Gasteiger partial charge in [-0.15, -0.1) is 0 Å². The van der Waals surface area contributed by atoms with Gasteiger partial charge in [0.05, 0.1) is 18.1 Å². The first-order valence-electron chi connectivity index (χ1n) is 7.02. The predicted octanol–water partition coefficient (Wildman–Crippen LogP) is 3.16. The van der Waals surface area contributed by atoms with Gasteiger partial charge in [0.2, 0.25) is 0 Å². The van der Waals surface area contributed by atoms with Gasteiger partial charge in [0.15, 0.2) is 11.4 Å². The SMILES string of the molecule is CCOC(=O)c1c(OC(C)C)c2cc(Cl)ccc2c(=O)n1C. The smallest absolute Gasteiger partial charge is 0.358 e. The molecule has 1 aromatic heterocycles. The highest BCUT2D eigenvalue weighted by Gasteiger charge is 2.23. The van der Waals surface area contributed by atoms with Crippen molar-refractivity contribution < 1.29 is 14.3 Å². The lowest BCUT2D eigenvalue weighted by Crippen LogP contribution is -2.26. The zero-order chi connectivity index (χ0) is 16.4. The molecule has 0 aliphatic carbocycles. The molecule has 5 nitrogen and oxygen atoms in total. The molecule has 1 aromatic carbocycles. The van der Waals surface area contributed by atoms with Gasteiger partial charge in [0.25, 0.3) is 5.56 Å². The normalized spacial score (nSPS) is 11.0. The van der Waals surface area contributed by atoms with Gasteiger partial charge in [-0.2, -0.15) is 0 Å². The Kier molecular flexibility index (Phi) is 4.76. The summed E-state index contributed by atoms with van der Waals surface area (Å²) in [5.74, 6) is -0.285. The molecule has 6 heteroatoms. The Labute approximate surface area is 133 Å². The van der Waals surface area contributed by atoms with Gasteiger partial charge in [0, 0.05) is 17.5 Å². The van der Waals surface area contributed by atoms with E-state index in [0.29, 0.717) is 21.5 Å². The molecule has 0 saturated carbocycles. The molecule has 0 fully saturated rings. The number of carbonyl (C=O) groups is 1. The average Bonchev–Trinajstić information content (AvgIpc) is 2.44. The van der Waals surface area contributed by atoms with E-state index in [2.05, 4.69) is 0 Å². The van der Waals surface area contributed by atoms with E-state index in [1.807, 2.05) is 13.8 Å². The summed E-state index contributed by atoms with van der Waals surface area (Å²) in [5.41, 5.74) is -0.207. The molecule has 0 N–H and O–H groups in total. The fraction of sp³-hybridized carbons (Fsp3) is 0.375. The van der Waals surface area contributed by atoms with Gasteiger partial charge in [-0.1, -0.05) is 11.6 Å². The molecule has 0 amide bonds. The van der Waals surface area contributed by atoms with Gasteiger partial charge in [-0.05, 0) is 39.0 Å². The van der Waals surface area contributed by atoms with Crippen LogP contribution in [0.5, 0.6) is 5.75 Å². The minimum absolute atomic E-state index is 0.0929. The molecule has 0 aliphatic rings. The molecule has 0 radical (unpaired) electrons. The number of halogens is 1. The standard InChI is InChI=1S/C16H18ClNO4/c1-5-21-16(20)13-14(22-9(2)3)12-8-10(17)6-7-11(12)15(19)18(13)4/h6-9H,5H2,1-4H3. The van der Waals surface area contributed by atoms with Crippen LogP contribution >= 0.6 is 11.6 Å². The molecule has 1 heterocycles. The maximum Gasteiger partial charge on any atom is 0.358 e. The van der Waals surface area contributed by atoms with Crippen molar-refractivity contribution in [2.45, 2.75) is 26.9 Å². The summed E-state index contributed by atoms with van der Waals surface area (Å²) >= 11 is 6.03. The van der Waals surface area contributed by atoms with Crippen molar-refractivity contribution in [1.82, 2.24) is 4.57 Å². The molecule has 0 unspecified atom stereocenters. The predicted molar refractivity (Wildman–Crippen MR) is 85.9 cm³/mol. The number of pyridine rings is 1. The van der Waals surface area contributed by atoms with Crippen molar-refractivity contribution in [1.29, 1.82) is 0 Å². The van der Waals surface area contributed by atoms with E-state index in [0.717, 1.165) is 0 Å². The lowest BCUT2D eigenvalue weighted by Gasteiger charge is -2.18. The van der Waals surface area contributed by atoms with Crippen LogP contribution in [-0.4, -0.2) is 23.2 Å². The van der Waals surface area contributed by atoms with Crippen LogP contribution in [0.2, 0.25) is 5.02 Å². The number of hydrogen-bond acceptors (Lipinski definition) is 4. The van der Waals surface area contributed by atoms with E-state index in [1.165, 1.54) is 11.6 Å². The molecule has 0 atom stereocenters. The fourth-order valence-corrected chi connectivity index (χ4v) is 2.41. The van der Waals surface area contributed by atoms with Crippen molar-refractivity contribution in [3.05, 3.63) is 39.3 Å². The number of benzene rings is 1. The third-order valence-corrected chi connectivity index (χ3v) is 3.37. The zero-order valence-electron chi connectivity index (χ0n) is 13.0. The van der Waals surface area contributed by atoms with Gasteiger partial charge in [-0.25, -0.2) is 4.79 Å². The van der Waals surface area contributed by atoms with Crippen LogP contribution in [0.3, 0.4) is 0 Å². The summed E-state index contributed by atoms with van der Waals surface area (Å²) in [4.78, 5) is 24.7. The minimum atomic E-state index is -0.598. The quantitative estimate of drug-likeness (QED) is 0.811. The van der Waals surface area contributed by atoms with Crippen LogP contribution in [0.25, 0.3) is 10.8 Å². The zero-order valence-corrected chi connectivity index (χ0v) is 13.7. The molecular formula is C16H18ClNO4. The number of hydrogen-bond donors (Lipinski definition) is 0. The summed E-state index contributed by atoms with van der Waals surface area (Å²) in [6, 6.07) is 4.88. The van der Waals surface area contributed by atoms with Crippen molar-refractivity contribution in [2.24, 2.45) is 7.05 Å². The summed E-state index contributed by atoms with van der Waals surface area (Å²) < 4.78 is 12.1. The number of ether oxygens (including phenoxy) is 2. The third kappa shape index (κ3) is 2.95. The summed E-state index contributed by atoms with van der Waals surface area (Å²) in [6.07, 6.45) is -0.173. The second-order valence-electron chi connectivity index (χ2n) is 5.12. The second-order valence-corrected chi connectivity index (χ2v) is 5.56. The van der Waals surface area contributed by atoms with Gasteiger partial charge in [-0.3, -0.25) is 4.79 Å². The Hall–Kier alpha value is -2.01. The molecule has 0 bridgehead atoms. The maximum absolute atomic E-state index is 12.5. The lowest BCUT2D eigenvalue weighted by molar-refractivity contribution is 0.0507. The van der Waals surface area contributed by atoms with Gasteiger partial charge >= 0.3 is 5.97 Å². The Morgan fingerprint density at radius 1 is 1.32 bits per heavy atom. The highest BCUT2D eigenvalue weighted by molar-refractivity contribution is 6.31. The lowest BCUT2D eigenvalue weighted by atomic mass is 10.1. The second kappa shape index (κ2) is 6.40. The largest absolute Gasteiger partial charge is 0.488 e. The summed E-state index contributed by atoms with van der Waals surface area (Å²) in [5, 5.41) is 1.41. The Bertz CT molecular complexity index is 780. The first-order chi connectivity index (χ1) is 10.4. The van der Waals surface area contributed by atoms with Crippen LogP contribution < -0.4 is 10.3 Å². The van der Waals surface area contributed by atoms with Crippen LogP contribution in [0.15, 0.2) is 23.0 Å². The molecule has 2 rings (SSSR count). The fourth-order valence-electron chi connectivity index (χ4n) is 2.24. The first kappa shape index (κ1) is 16.4. The van der Waals surface area contributed by atoms with Crippen LogP contribution in [-0.2, 0) is 11.8 Å². The molecule has 0 spiro atoms. The van der Waals surface area contributed by atoms with Crippen LogP contribution in [0.1, 0.15) is 31.3 Å². The molecule has 0 aliphatic heterocycles. The third-order valence-electron chi connectivity index (χ3n) is 3.13. The average molecular weight is 324 g/mol. The van der Waals surface area contributed by atoms with Gasteiger partial charge < -0.3 is 14.0 Å². The van der Waals surface area contributed by atoms with E-state index in [4.69, 9.17) is 21.1 Å². The highest BCUT2D eigenvalue weighted by Crippen LogP contribution is 2.31. The van der Waals surface area contributed by atoms with E-state index >= 15 is 0 Å². The number of esters is 1. The molecule has 0 saturated heterocycles. The van der Waals surface area contributed by atoms with E-state index in [9.17, 15) is 9.59 Å². The summed E-state index contributed by atoms with van der Waals surface area (Å²) in [7, 11) is 1.52. The number of nitrogens with zero attached hydrogens (tertiary/aromatic N) is 1. The summed E-state index contributed by atoms with van der Waals surface area (Å²) in [6.45, 7) is 5.60. The first-order valence-corrected chi connectivity index (χ1v) is 7.40. The molecule has 2 aromatic rings. The van der Waals surface area contributed by atoms with Crippen LogP contribution in [0, 0.1) is 0 Å². The van der Waals surface area contributed by atoms with Crippen molar-refractivity contribution >= 4 is 28.3 Å². The van der Waals surface area contributed by atoms with E-state index < -0.39 is 5.97 Å². The number of rotatable bonds is 4. The van der Waals surface area contributed by atoms with E-state index in [-0.39, 0.29) is 24.0 Å². The number of fused-ring (bicyclic) bond motifs is 1. The van der Waals surface area contributed by atoms with Crippen molar-refractivity contribution in [3.63, 3.8) is 0 Å².